The van der Waals surface area contributed by atoms with Crippen LogP contribution in [0, 0.1) is 5.92 Å². The third-order valence-electron chi connectivity index (χ3n) is 3.51. The van der Waals surface area contributed by atoms with Crippen molar-refractivity contribution >= 4 is 5.71 Å². The van der Waals surface area contributed by atoms with Crippen molar-refractivity contribution in [1.82, 2.24) is 5.43 Å². The number of nitrogens with zero attached hydrogens (tertiary/aromatic N) is 2. The third kappa shape index (κ3) is 3.37. The lowest BCUT2D eigenvalue weighted by atomic mass is 9.89. The molecule has 0 spiro atoms. The third-order valence-corrected chi connectivity index (χ3v) is 3.51. The lowest BCUT2D eigenvalue weighted by Gasteiger charge is -2.16. The molecule has 2 nitrogen and oxygen atoms in total. The Labute approximate surface area is 92.8 Å². The molecule has 83 valence electrons. The molecule has 0 aromatic rings. The van der Waals surface area contributed by atoms with Gasteiger partial charge < -0.3 is 0 Å². The zero-order chi connectivity index (χ0) is 10.3. The molecule has 1 radical (unpaired) electrons. The molecule has 1 heterocycles. The highest BCUT2D eigenvalue weighted by molar-refractivity contribution is 5.97. The Morgan fingerprint density at radius 2 is 1.47 bits per heavy atom. The molecule has 0 unspecified atom stereocenters. The second-order valence-corrected chi connectivity index (χ2v) is 4.71. The average molecular weight is 205 g/mol. The van der Waals surface area contributed by atoms with Gasteiger partial charge in [-0.05, 0) is 18.9 Å². The summed E-state index contributed by atoms with van der Waals surface area (Å²) in [4.78, 5) is 0. The van der Waals surface area contributed by atoms with Crippen LogP contribution in [0.25, 0.3) is 0 Å². The van der Waals surface area contributed by atoms with Crippen LogP contribution < -0.4 is 5.43 Å². The van der Waals surface area contributed by atoms with Crippen molar-refractivity contribution in [1.29, 1.82) is 0 Å². The summed E-state index contributed by atoms with van der Waals surface area (Å²) in [5.74, 6) is 0.686. The fraction of sp³-hybridized carbons (Fsp3) is 0.769. The zero-order valence-electron chi connectivity index (χ0n) is 9.49. The van der Waals surface area contributed by atoms with E-state index in [2.05, 4.69) is 16.6 Å². The molecule has 1 saturated carbocycles. The van der Waals surface area contributed by atoms with Gasteiger partial charge in [0.25, 0.3) is 0 Å². The smallest absolute Gasteiger partial charge is 0.0677 e. The Bertz CT molecular complexity index is 233. The summed E-state index contributed by atoms with van der Waals surface area (Å²) in [6.45, 7) is 0. The van der Waals surface area contributed by atoms with Crippen molar-refractivity contribution in [2.24, 2.45) is 11.0 Å². The molecule has 2 rings (SSSR count). The number of hydrogen-bond acceptors (Lipinski definition) is 1. The van der Waals surface area contributed by atoms with Crippen molar-refractivity contribution in [3.63, 3.8) is 0 Å². The van der Waals surface area contributed by atoms with Gasteiger partial charge in [0, 0.05) is 5.92 Å². The topological polar surface area (TPSA) is 26.5 Å². The molecular formula is C13H21N2. The van der Waals surface area contributed by atoms with E-state index in [0.29, 0.717) is 5.92 Å². The van der Waals surface area contributed by atoms with E-state index in [0.717, 1.165) is 0 Å². The lowest BCUT2D eigenvalue weighted by Crippen LogP contribution is -2.12. The van der Waals surface area contributed by atoms with Gasteiger partial charge in [0.05, 0.1) is 11.9 Å². The van der Waals surface area contributed by atoms with Crippen LogP contribution in [-0.2, 0) is 0 Å². The molecule has 1 aliphatic carbocycles. The summed E-state index contributed by atoms with van der Waals surface area (Å²) in [6, 6.07) is 0. The summed E-state index contributed by atoms with van der Waals surface area (Å²) in [6.07, 6.45) is 16.4. The van der Waals surface area contributed by atoms with E-state index in [1.807, 2.05) is 6.20 Å². The van der Waals surface area contributed by atoms with Crippen LogP contribution >= 0.6 is 0 Å². The summed E-state index contributed by atoms with van der Waals surface area (Å²) in [5.41, 5.74) is 5.18. The number of allylic oxidation sites excluding steroid dienone is 1. The molecule has 1 fully saturated rings. The van der Waals surface area contributed by atoms with Gasteiger partial charge in [-0.3, -0.25) is 0 Å². The van der Waals surface area contributed by atoms with Gasteiger partial charge in [-0.15, -0.1) is 0 Å². The van der Waals surface area contributed by atoms with E-state index in [-0.39, 0.29) is 0 Å². The lowest BCUT2D eigenvalue weighted by molar-refractivity contribution is 0.460. The maximum absolute atomic E-state index is 4.22. The van der Waals surface area contributed by atoms with E-state index in [1.54, 1.807) is 0 Å². The molecule has 2 aliphatic rings. The fourth-order valence-corrected chi connectivity index (χ4v) is 2.57. The molecule has 0 N–H and O–H groups in total. The predicted molar refractivity (Wildman–Crippen MR) is 63.8 cm³/mol. The Hall–Kier alpha value is -0.790. The van der Waals surface area contributed by atoms with E-state index >= 15 is 0 Å². The van der Waals surface area contributed by atoms with E-state index in [1.165, 1.54) is 63.5 Å². The summed E-state index contributed by atoms with van der Waals surface area (Å²) in [5, 5.41) is 4.22. The van der Waals surface area contributed by atoms with Crippen LogP contribution in [0.15, 0.2) is 17.4 Å². The molecule has 0 bridgehead atoms. The van der Waals surface area contributed by atoms with Gasteiger partial charge in [0.15, 0.2) is 0 Å². The standard InChI is InChI=1S/C13H21N2/c1-2-4-6-8-12(9-7-5-3-1)13-10-11-14-15-13/h10-12H,1-9H2. The summed E-state index contributed by atoms with van der Waals surface area (Å²) < 4.78 is 0. The van der Waals surface area contributed by atoms with Gasteiger partial charge >= 0.3 is 0 Å². The van der Waals surface area contributed by atoms with Crippen molar-refractivity contribution in [3.05, 3.63) is 12.3 Å². The Kier molecular flexibility index (Phi) is 4.24. The molecule has 15 heavy (non-hydrogen) atoms. The van der Waals surface area contributed by atoms with Crippen LogP contribution in [0.3, 0.4) is 0 Å². The maximum Gasteiger partial charge on any atom is 0.0677 e. The van der Waals surface area contributed by atoms with Crippen molar-refractivity contribution < 1.29 is 0 Å². The summed E-state index contributed by atoms with van der Waals surface area (Å²) >= 11 is 0. The Morgan fingerprint density at radius 1 is 0.867 bits per heavy atom. The molecule has 1 aliphatic heterocycles. The van der Waals surface area contributed by atoms with Crippen molar-refractivity contribution in [2.45, 2.75) is 57.8 Å². The summed E-state index contributed by atoms with van der Waals surface area (Å²) in [7, 11) is 0. The van der Waals surface area contributed by atoms with Gasteiger partial charge in [-0.2, -0.15) is 10.5 Å². The highest BCUT2D eigenvalue weighted by Gasteiger charge is 2.16. The largest absolute Gasteiger partial charge is 0.159 e. The molecule has 0 amide bonds. The Morgan fingerprint density at radius 3 is 2.00 bits per heavy atom. The molecule has 0 aromatic carbocycles. The van der Waals surface area contributed by atoms with E-state index < -0.39 is 0 Å². The maximum atomic E-state index is 4.22. The minimum absolute atomic E-state index is 0.686. The van der Waals surface area contributed by atoms with Gasteiger partial charge in [-0.1, -0.05) is 44.9 Å². The fourth-order valence-electron chi connectivity index (χ4n) is 2.57. The minimum Gasteiger partial charge on any atom is -0.159 e. The number of hydrogen-bond donors (Lipinski definition) is 0. The van der Waals surface area contributed by atoms with Gasteiger partial charge in [0.2, 0.25) is 0 Å². The molecular weight excluding hydrogens is 184 g/mol. The van der Waals surface area contributed by atoms with Crippen molar-refractivity contribution in [3.8, 4) is 0 Å². The van der Waals surface area contributed by atoms with Gasteiger partial charge in [-0.25, -0.2) is 0 Å². The SMILES string of the molecule is C1=CC(C2CCCCCCCCC2)=N[N]1. The van der Waals surface area contributed by atoms with Crippen LogP contribution in [0.1, 0.15) is 57.8 Å². The number of rotatable bonds is 1. The molecule has 0 atom stereocenters. The van der Waals surface area contributed by atoms with Crippen molar-refractivity contribution in [2.75, 3.05) is 0 Å². The van der Waals surface area contributed by atoms with E-state index in [4.69, 9.17) is 0 Å². The monoisotopic (exact) mass is 205 g/mol. The van der Waals surface area contributed by atoms with Crippen LogP contribution in [0.2, 0.25) is 0 Å². The molecule has 0 saturated heterocycles. The molecule has 0 aromatic heterocycles. The first-order chi connectivity index (χ1) is 7.47. The van der Waals surface area contributed by atoms with Crippen LogP contribution in [0.4, 0.5) is 0 Å². The second kappa shape index (κ2) is 5.94. The van der Waals surface area contributed by atoms with Crippen LogP contribution in [0.5, 0.6) is 0 Å². The zero-order valence-corrected chi connectivity index (χ0v) is 9.49. The minimum atomic E-state index is 0.686. The normalized spacial score (nSPS) is 24.7. The second-order valence-electron chi connectivity index (χ2n) is 4.71. The van der Waals surface area contributed by atoms with Gasteiger partial charge in [0.1, 0.15) is 0 Å². The first-order valence-electron chi connectivity index (χ1n) is 6.41. The highest BCUT2D eigenvalue weighted by atomic mass is 15.3. The van der Waals surface area contributed by atoms with Crippen LogP contribution in [-0.4, -0.2) is 5.71 Å². The molecule has 2 heteroatoms. The first kappa shape index (κ1) is 10.7. The quantitative estimate of drug-likeness (QED) is 0.625. The van der Waals surface area contributed by atoms with E-state index in [9.17, 15) is 0 Å². The average Bonchev–Trinajstić information content (AvgIpc) is 2.79. The Balaban J connectivity index is 1.86. The highest BCUT2D eigenvalue weighted by Crippen LogP contribution is 2.23. The predicted octanol–water partition coefficient (Wildman–Crippen LogP) is 3.61. The first-order valence-corrected chi connectivity index (χ1v) is 6.41.